The molecule has 4 nitrogen and oxygen atoms in total. The van der Waals surface area contributed by atoms with Gasteiger partial charge in [-0.05, 0) is 41.3 Å². The maximum absolute atomic E-state index is 11.5. The summed E-state index contributed by atoms with van der Waals surface area (Å²) in [6, 6.07) is 14.0. The van der Waals surface area contributed by atoms with Crippen molar-refractivity contribution in [3.63, 3.8) is 0 Å². The summed E-state index contributed by atoms with van der Waals surface area (Å²) in [4.78, 5) is 11.5. The van der Waals surface area contributed by atoms with Crippen LogP contribution in [0.25, 0.3) is 11.1 Å². The van der Waals surface area contributed by atoms with E-state index in [2.05, 4.69) is 29.6 Å². The molecule has 0 bridgehead atoms. The van der Waals surface area contributed by atoms with E-state index in [1.807, 2.05) is 18.2 Å². The van der Waals surface area contributed by atoms with Gasteiger partial charge in [0.25, 0.3) is 0 Å². The SMILES string of the molecule is C[C@@H](N)C(=O)NCc1ccc(-c2ccc3c(c2)CCO3)cc1.Cl. The van der Waals surface area contributed by atoms with Crippen LogP contribution < -0.4 is 15.8 Å². The average molecular weight is 333 g/mol. The van der Waals surface area contributed by atoms with Crippen LogP contribution >= 0.6 is 12.4 Å². The number of rotatable bonds is 4. The molecular formula is C18H21ClN2O2. The molecule has 0 radical (unpaired) electrons. The number of hydrogen-bond acceptors (Lipinski definition) is 3. The Balaban J connectivity index is 0.00000192. The zero-order chi connectivity index (χ0) is 15.5. The Morgan fingerprint density at radius 1 is 1.22 bits per heavy atom. The van der Waals surface area contributed by atoms with Gasteiger partial charge in [0, 0.05) is 13.0 Å². The van der Waals surface area contributed by atoms with Crippen LogP contribution in [0.3, 0.4) is 0 Å². The number of amides is 1. The number of benzene rings is 2. The highest BCUT2D eigenvalue weighted by molar-refractivity contribution is 5.85. The molecule has 5 heteroatoms. The van der Waals surface area contributed by atoms with Gasteiger partial charge in [-0.25, -0.2) is 0 Å². The second-order valence-electron chi connectivity index (χ2n) is 5.62. The van der Waals surface area contributed by atoms with Crippen LogP contribution in [0.4, 0.5) is 0 Å². The van der Waals surface area contributed by atoms with Crippen LogP contribution in [0, 0.1) is 0 Å². The van der Waals surface area contributed by atoms with Crippen LogP contribution in [0.5, 0.6) is 5.75 Å². The Morgan fingerprint density at radius 3 is 2.61 bits per heavy atom. The van der Waals surface area contributed by atoms with Crippen LogP contribution in [-0.2, 0) is 17.8 Å². The fourth-order valence-corrected chi connectivity index (χ4v) is 2.53. The van der Waals surface area contributed by atoms with Gasteiger partial charge in [0.15, 0.2) is 0 Å². The van der Waals surface area contributed by atoms with Gasteiger partial charge in [-0.15, -0.1) is 12.4 Å². The van der Waals surface area contributed by atoms with Crippen molar-refractivity contribution in [3.05, 3.63) is 53.6 Å². The summed E-state index contributed by atoms with van der Waals surface area (Å²) in [6.45, 7) is 2.95. The minimum Gasteiger partial charge on any atom is -0.493 e. The second kappa shape index (κ2) is 7.49. The minimum absolute atomic E-state index is 0. The van der Waals surface area contributed by atoms with E-state index >= 15 is 0 Å². The van der Waals surface area contributed by atoms with Gasteiger partial charge in [-0.1, -0.05) is 30.3 Å². The fraction of sp³-hybridized carbons (Fsp3) is 0.278. The number of fused-ring (bicyclic) bond motifs is 1. The third kappa shape index (κ3) is 4.03. The molecule has 122 valence electrons. The van der Waals surface area contributed by atoms with Crippen molar-refractivity contribution < 1.29 is 9.53 Å². The summed E-state index contributed by atoms with van der Waals surface area (Å²) >= 11 is 0. The first-order valence-corrected chi connectivity index (χ1v) is 7.52. The molecule has 1 atom stereocenters. The van der Waals surface area contributed by atoms with Crippen molar-refractivity contribution >= 4 is 18.3 Å². The van der Waals surface area contributed by atoms with Gasteiger partial charge >= 0.3 is 0 Å². The molecule has 1 aliphatic rings. The summed E-state index contributed by atoms with van der Waals surface area (Å²) in [5, 5.41) is 2.81. The lowest BCUT2D eigenvalue weighted by Crippen LogP contribution is -2.37. The van der Waals surface area contributed by atoms with E-state index in [9.17, 15) is 4.79 Å². The third-order valence-corrected chi connectivity index (χ3v) is 3.86. The molecule has 2 aromatic carbocycles. The van der Waals surface area contributed by atoms with Crippen LogP contribution in [-0.4, -0.2) is 18.6 Å². The first-order valence-electron chi connectivity index (χ1n) is 7.52. The average Bonchev–Trinajstić information content (AvgIpc) is 3.00. The van der Waals surface area contributed by atoms with Gasteiger partial charge in [0.05, 0.1) is 12.6 Å². The number of ether oxygens (including phenoxy) is 1. The molecule has 3 N–H and O–H groups in total. The Labute approximate surface area is 142 Å². The fourth-order valence-electron chi connectivity index (χ4n) is 2.53. The number of carbonyl (C=O) groups is 1. The molecule has 0 unspecified atom stereocenters. The second-order valence-corrected chi connectivity index (χ2v) is 5.62. The lowest BCUT2D eigenvalue weighted by molar-refractivity contribution is -0.122. The molecule has 0 saturated carbocycles. The molecule has 23 heavy (non-hydrogen) atoms. The standard InChI is InChI=1S/C18H20N2O2.ClH/c1-12(19)18(21)20-11-13-2-4-14(5-3-13)15-6-7-17-16(10-15)8-9-22-17;/h2-7,10,12H,8-9,11,19H2,1H3,(H,20,21);1H/t12-;/m1./s1. The summed E-state index contributed by atoms with van der Waals surface area (Å²) < 4.78 is 5.53. The molecule has 2 aromatic rings. The van der Waals surface area contributed by atoms with Gasteiger partial charge in [0.2, 0.25) is 5.91 Å². The molecule has 1 amide bonds. The minimum atomic E-state index is -0.479. The van der Waals surface area contributed by atoms with Gasteiger partial charge in [-0.2, -0.15) is 0 Å². The summed E-state index contributed by atoms with van der Waals surface area (Å²) in [6.07, 6.45) is 0.977. The summed E-state index contributed by atoms with van der Waals surface area (Å²) in [7, 11) is 0. The molecule has 1 aliphatic heterocycles. The number of hydrogen-bond donors (Lipinski definition) is 2. The van der Waals surface area contributed by atoms with Gasteiger partial charge < -0.3 is 15.8 Å². The van der Waals surface area contributed by atoms with E-state index in [1.165, 1.54) is 11.1 Å². The topological polar surface area (TPSA) is 64.4 Å². The van der Waals surface area contributed by atoms with E-state index in [0.29, 0.717) is 6.54 Å². The van der Waals surface area contributed by atoms with Crippen LogP contribution in [0.2, 0.25) is 0 Å². The Morgan fingerprint density at radius 2 is 1.91 bits per heavy atom. The quantitative estimate of drug-likeness (QED) is 0.904. The number of carbonyl (C=O) groups excluding carboxylic acids is 1. The molecule has 0 aliphatic carbocycles. The Hall–Kier alpha value is -2.04. The van der Waals surface area contributed by atoms with Crippen molar-refractivity contribution in [2.75, 3.05) is 6.61 Å². The first-order chi connectivity index (χ1) is 10.6. The van der Waals surface area contributed by atoms with E-state index in [4.69, 9.17) is 10.5 Å². The third-order valence-electron chi connectivity index (χ3n) is 3.86. The highest BCUT2D eigenvalue weighted by atomic mass is 35.5. The molecule has 0 aromatic heterocycles. The lowest BCUT2D eigenvalue weighted by Gasteiger charge is -2.09. The first kappa shape index (κ1) is 17.3. The van der Waals surface area contributed by atoms with Crippen molar-refractivity contribution in [1.82, 2.24) is 5.32 Å². The van der Waals surface area contributed by atoms with Crippen molar-refractivity contribution in [1.29, 1.82) is 0 Å². The smallest absolute Gasteiger partial charge is 0.236 e. The summed E-state index contributed by atoms with van der Waals surface area (Å²) in [5.41, 5.74) is 10.2. The molecule has 0 spiro atoms. The molecule has 0 fully saturated rings. The van der Waals surface area contributed by atoms with Crippen molar-refractivity contribution in [2.24, 2.45) is 5.73 Å². The predicted molar refractivity (Wildman–Crippen MR) is 93.8 cm³/mol. The monoisotopic (exact) mass is 332 g/mol. The molecule has 0 saturated heterocycles. The van der Waals surface area contributed by atoms with E-state index in [1.54, 1.807) is 6.92 Å². The Kier molecular flexibility index (Phi) is 5.64. The Bertz CT molecular complexity index is 684. The van der Waals surface area contributed by atoms with E-state index in [-0.39, 0.29) is 18.3 Å². The number of nitrogens with two attached hydrogens (primary N) is 1. The normalized spacial score (nSPS) is 13.5. The number of nitrogens with one attached hydrogen (secondary N) is 1. The number of halogens is 1. The van der Waals surface area contributed by atoms with Gasteiger partial charge in [0.1, 0.15) is 5.75 Å². The van der Waals surface area contributed by atoms with Crippen molar-refractivity contribution in [3.8, 4) is 16.9 Å². The van der Waals surface area contributed by atoms with Crippen molar-refractivity contribution in [2.45, 2.75) is 25.9 Å². The highest BCUT2D eigenvalue weighted by Crippen LogP contribution is 2.30. The highest BCUT2D eigenvalue weighted by Gasteiger charge is 2.12. The van der Waals surface area contributed by atoms with Crippen LogP contribution in [0.15, 0.2) is 42.5 Å². The van der Waals surface area contributed by atoms with E-state index < -0.39 is 6.04 Å². The largest absolute Gasteiger partial charge is 0.493 e. The van der Waals surface area contributed by atoms with E-state index in [0.717, 1.165) is 29.9 Å². The zero-order valence-electron chi connectivity index (χ0n) is 13.0. The maximum atomic E-state index is 11.5. The molecule has 3 rings (SSSR count). The summed E-state index contributed by atoms with van der Waals surface area (Å²) in [5.74, 6) is 0.863. The lowest BCUT2D eigenvalue weighted by atomic mass is 10.0. The van der Waals surface area contributed by atoms with Crippen LogP contribution in [0.1, 0.15) is 18.1 Å². The maximum Gasteiger partial charge on any atom is 0.236 e. The predicted octanol–water partition coefficient (Wildman–Crippen LogP) is 2.67. The zero-order valence-corrected chi connectivity index (χ0v) is 13.9. The van der Waals surface area contributed by atoms with Gasteiger partial charge in [-0.3, -0.25) is 4.79 Å². The molecule has 1 heterocycles. The molecular weight excluding hydrogens is 312 g/mol.